The minimum atomic E-state index is -0.198. The number of methoxy groups -OCH3 is 2. The largest absolute Gasteiger partial charge is 0.493 e. The van der Waals surface area contributed by atoms with Crippen molar-refractivity contribution in [2.45, 2.75) is 13.5 Å². The molecule has 8 nitrogen and oxygen atoms in total. The highest BCUT2D eigenvalue weighted by Crippen LogP contribution is 2.31. The summed E-state index contributed by atoms with van der Waals surface area (Å²) in [6, 6.07) is 12.8. The van der Waals surface area contributed by atoms with Gasteiger partial charge in [0.2, 0.25) is 11.8 Å². The number of carbonyl (C=O) groups excluding carboxylic acids is 1. The van der Waals surface area contributed by atoms with Crippen molar-refractivity contribution in [3.05, 3.63) is 53.9 Å². The average Bonchev–Trinajstić information content (AvgIpc) is 3.21. The third-order valence-electron chi connectivity index (χ3n) is 4.28. The van der Waals surface area contributed by atoms with E-state index in [9.17, 15) is 4.79 Å². The molecule has 1 heterocycles. The highest BCUT2D eigenvalue weighted by atomic mass is 16.5. The zero-order chi connectivity index (χ0) is 20.8. The van der Waals surface area contributed by atoms with Gasteiger partial charge in [-0.1, -0.05) is 17.7 Å². The van der Waals surface area contributed by atoms with Crippen molar-refractivity contribution >= 4 is 5.91 Å². The maximum Gasteiger partial charge on any atom is 0.260 e. The molecule has 0 spiro atoms. The Morgan fingerprint density at radius 3 is 2.45 bits per heavy atom. The van der Waals surface area contributed by atoms with Gasteiger partial charge in [0.25, 0.3) is 5.91 Å². The molecule has 3 rings (SSSR count). The van der Waals surface area contributed by atoms with Crippen molar-refractivity contribution in [3.8, 4) is 28.7 Å². The van der Waals surface area contributed by atoms with Gasteiger partial charge in [-0.15, -0.1) is 10.2 Å². The molecule has 0 aliphatic rings. The molecule has 0 radical (unpaired) electrons. The molecule has 29 heavy (non-hydrogen) atoms. The van der Waals surface area contributed by atoms with E-state index < -0.39 is 0 Å². The van der Waals surface area contributed by atoms with Crippen LogP contribution in [0.4, 0.5) is 0 Å². The number of hydrogen-bond acceptors (Lipinski definition) is 7. The van der Waals surface area contributed by atoms with Gasteiger partial charge in [-0.25, -0.2) is 0 Å². The van der Waals surface area contributed by atoms with Crippen LogP contribution in [0.2, 0.25) is 0 Å². The normalized spacial score (nSPS) is 10.5. The van der Waals surface area contributed by atoms with Crippen molar-refractivity contribution in [1.82, 2.24) is 15.1 Å². The summed E-state index contributed by atoms with van der Waals surface area (Å²) >= 11 is 0. The molecule has 3 aromatic rings. The Labute approximate surface area is 169 Å². The molecule has 0 aliphatic carbocycles. The lowest BCUT2D eigenvalue weighted by Gasteiger charge is -2.15. The van der Waals surface area contributed by atoms with Crippen LogP contribution < -0.4 is 14.2 Å². The zero-order valence-electron chi connectivity index (χ0n) is 16.8. The van der Waals surface area contributed by atoms with Gasteiger partial charge >= 0.3 is 0 Å². The third kappa shape index (κ3) is 5.04. The minimum absolute atomic E-state index is 0.0732. The van der Waals surface area contributed by atoms with Crippen molar-refractivity contribution < 1.29 is 23.4 Å². The van der Waals surface area contributed by atoms with Crippen LogP contribution in [0.25, 0.3) is 11.5 Å². The number of amides is 1. The number of hydrogen-bond donors (Lipinski definition) is 0. The Morgan fingerprint density at radius 2 is 1.76 bits per heavy atom. The number of nitrogens with zero attached hydrogens (tertiary/aromatic N) is 3. The van der Waals surface area contributed by atoms with Gasteiger partial charge in [0.15, 0.2) is 18.1 Å². The molecule has 0 N–H and O–H groups in total. The monoisotopic (exact) mass is 397 g/mol. The lowest BCUT2D eigenvalue weighted by Crippen LogP contribution is -2.31. The second-order valence-corrected chi connectivity index (χ2v) is 6.42. The van der Waals surface area contributed by atoms with Crippen molar-refractivity contribution in [1.29, 1.82) is 0 Å². The Morgan fingerprint density at radius 1 is 1.03 bits per heavy atom. The summed E-state index contributed by atoms with van der Waals surface area (Å²) in [6.07, 6.45) is 0. The summed E-state index contributed by atoms with van der Waals surface area (Å²) in [4.78, 5) is 13.8. The van der Waals surface area contributed by atoms with Gasteiger partial charge in [0.05, 0.1) is 20.8 Å². The fourth-order valence-corrected chi connectivity index (χ4v) is 2.58. The van der Waals surface area contributed by atoms with Gasteiger partial charge in [-0.05, 0) is 37.3 Å². The number of aromatic nitrogens is 2. The number of aryl methyl sites for hydroxylation is 1. The Hall–Kier alpha value is -3.55. The first-order chi connectivity index (χ1) is 14.0. The van der Waals surface area contributed by atoms with Crippen LogP contribution in [0.15, 0.2) is 46.9 Å². The van der Waals surface area contributed by atoms with Crippen LogP contribution in [-0.2, 0) is 11.3 Å². The Bertz CT molecular complexity index is 969. The summed E-state index contributed by atoms with van der Waals surface area (Å²) in [5.74, 6) is 2.26. The molecule has 0 aliphatic heterocycles. The van der Waals surface area contributed by atoms with Crippen LogP contribution in [0.1, 0.15) is 11.5 Å². The van der Waals surface area contributed by atoms with Crippen LogP contribution in [-0.4, -0.2) is 48.9 Å². The summed E-state index contributed by atoms with van der Waals surface area (Å²) in [5.41, 5.74) is 1.82. The van der Waals surface area contributed by atoms with Gasteiger partial charge in [0, 0.05) is 12.6 Å². The van der Waals surface area contributed by atoms with Crippen LogP contribution in [0.3, 0.4) is 0 Å². The molecule has 2 aromatic carbocycles. The number of likely N-dealkylation sites (N-methyl/N-ethyl adjacent to an activating group) is 1. The van der Waals surface area contributed by atoms with E-state index in [4.69, 9.17) is 18.6 Å². The average molecular weight is 397 g/mol. The highest BCUT2D eigenvalue weighted by molar-refractivity contribution is 5.77. The quantitative estimate of drug-likeness (QED) is 0.577. The second kappa shape index (κ2) is 9.09. The van der Waals surface area contributed by atoms with E-state index >= 15 is 0 Å². The first-order valence-electron chi connectivity index (χ1n) is 8.98. The molecule has 0 fully saturated rings. The zero-order valence-corrected chi connectivity index (χ0v) is 16.8. The number of benzene rings is 2. The van der Waals surface area contributed by atoms with E-state index in [0.29, 0.717) is 34.6 Å². The molecule has 1 aromatic heterocycles. The number of ether oxygens (including phenoxy) is 3. The van der Waals surface area contributed by atoms with E-state index in [1.165, 1.54) is 4.90 Å². The van der Waals surface area contributed by atoms with Crippen LogP contribution >= 0.6 is 0 Å². The predicted molar refractivity (Wildman–Crippen MR) is 106 cm³/mol. The second-order valence-electron chi connectivity index (χ2n) is 6.42. The third-order valence-corrected chi connectivity index (χ3v) is 4.28. The molecular weight excluding hydrogens is 374 g/mol. The Kier molecular flexibility index (Phi) is 6.33. The molecule has 0 saturated carbocycles. The van der Waals surface area contributed by atoms with E-state index in [0.717, 1.165) is 5.56 Å². The van der Waals surface area contributed by atoms with E-state index in [1.54, 1.807) is 39.5 Å². The number of rotatable bonds is 8. The van der Waals surface area contributed by atoms with Gasteiger partial charge < -0.3 is 23.5 Å². The molecular formula is C21H23N3O5. The van der Waals surface area contributed by atoms with Gasteiger partial charge in [-0.3, -0.25) is 4.79 Å². The van der Waals surface area contributed by atoms with Crippen LogP contribution in [0, 0.1) is 6.92 Å². The maximum absolute atomic E-state index is 12.3. The SMILES string of the molecule is COc1ccc(-c2nnc(CN(C)C(=O)COc3ccc(C)cc3)o2)cc1OC. The maximum atomic E-state index is 12.3. The lowest BCUT2D eigenvalue weighted by molar-refractivity contribution is -0.132. The van der Waals surface area contributed by atoms with Gasteiger partial charge in [0.1, 0.15) is 5.75 Å². The Balaban J connectivity index is 1.60. The highest BCUT2D eigenvalue weighted by Gasteiger charge is 2.16. The molecule has 0 atom stereocenters. The summed E-state index contributed by atoms with van der Waals surface area (Å²) < 4.78 is 21.7. The number of carbonyl (C=O) groups is 1. The summed E-state index contributed by atoms with van der Waals surface area (Å²) in [5, 5.41) is 8.07. The van der Waals surface area contributed by atoms with Crippen molar-refractivity contribution in [3.63, 3.8) is 0 Å². The minimum Gasteiger partial charge on any atom is -0.493 e. The predicted octanol–water partition coefficient (Wildman–Crippen LogP) is 3.10. The van der Waals surface area contributed by atoms with Gasteiger partial charge in [-0.2, -0.15) is 0 Å². The molecule has 0 unspecified atom stereocenters. The molecule has 152 valence electrons. The van der Waals surface area contributed by atoms with Crippen molar-refractivity contribution in [2.24, 2.45) is 0 Å². The fraction of sp³-hybridized carbons (Fsp3) is 0.286. The van der Waals surface area contributed by atoms with E-state index in [-0.39, 0.29) is 19.1 Å². The molecule has 8 heteroatoms. The first-order valence-corrected chi connectivity index (χ1v) is 8.98. The summed E-state index contributed by atoms with van der Waals surface area (Å²) in [6.45, 7) is 2.09. The fourth-order valence-electron chi connectivity index (χ4n) is 2.58. The van der Waals surface area contributed by atoms with Crippen LogP contribution in [0.5, 0.6) is 17.2 Å². The lowest BCUT2D eigenvalue weighted by atomic mass is 10.2. The van der Waals surface area contributed by atoms with Crippen molar-refractivity contribution in [2.75, 3.05) is 27.9 Å². The first kappa shape index (κ1) is 20.2. The van der Waals surface area contributed by atoms with E-state index in [1.807, 2.05) is 31.2 Å². The molecule has 0 saturated heterocycles. The topological polar surface area (TPSA) is 86.9 Å². The summed E-state index contributed by atoms with van der Waals surface area (Å²) in [7, 11) is 4.78. The van der Waals surface area contributed by atoms with E-state index in [2.05, 4.69) is 10.2 Å². The standard InChI is InChI=1S/C21H23N3O5/c1-14-5-8-16(9-6-14)28-13-20(25)24(2)12-19-22-23-21(29-19)15-7-10-17(26-3)18(11-15)27-4/h5-11H,12-13H2,1-4H3. The molecule has 0 bridgehead atoms. The molecule has 1 amide bonds. The smallest absolute Gasteiger partial charge is 0.260 e.